The lowest BCUT2D eigenvalue weighted by Gasteiger charge is -2.10. The van der Waals surface area contributed by atoms with E-state index < -0.39 is 5.91 Å². The first-order valence-corrected chi connectivity index (χ1v) is 8.07. The van der Waals surface area contributed by atoms with Crippen LogP contribution in [0.4, 0.5) is 10.1 Å². The van der Waals surface area contributed by atoms with Crippen LogP contribution in [-0.4, -0.2) is 45.7 Å². The second kappa shape index (κ2) is 7.02. The van der Waals surface area contributed by atoms with Gasteiger partial charge in [0.25, 0.3) is 11.8 Å². The third kappa shape index (κ3) is 3.57. The van der Waals surface area contributed by atoms with Crippen LogP contribution in [0.5, 0.6) is 0 Å². The molecule has 0 bridgehead atoms. The Hall–Kier alpha value is -3.49. The molecule has 0 radical (unpaired) electrons. The van der Waals surface area contributed by atoms with Crippen LogP contribution in [0.15, 0.2) is 34.9 Å². The smallest absolute Gasteiger partial charge is 0.277 e. The summed E-state index contributed by atoms with van der Waals surface area (Å²) in [5.74, 6) is -0.925. The number of aryl methyl sites for hydroxylation is 1. The van der Waals surface area contributed by atoms with Gasteiger partial charge >= 0.3 is 0 Å². The molecular formula is C18H18FN5O3. The van der Waals surface area contributed by atoms with Gasteiger partial charge < -0.3 is 14.7 Å². The Balaban J connectivity index is 1.86. The van der Waals surface area contributed by atoms with Crippen LogP contribution in [0.3, 0.4) is 0 Å². The summed E-state index contributed by atoms with van der Waals surface area (Å²) >= 11 is 0. The van der Waals surface area contributed by atoms with Crippen LogP contribution in [0.25, 0.3) is 11.3 Å². The number of nitrogens with one attached hydrogen (secondary N) is 1. The molecule has 3 rings (SSSR count). The normalized spacial score (nSPS) is 10.7. The number of carbonyl (C=O) groups excluding carboxylic acids is 2. The van der Waals surface area contributed by atoms with Gasteiger partial charge in [-0.2, -0.15) is 5.10 Å². The fraction of sp³-hybridized carbons (Fsp3) is 0.222. The highest BCUT2D eigenvalue weighted by molar-refractivity contribution is 6.08. The number of nitrogens with zero attached hydrogens (tertiary/aromatic N) is 4. The van der Waals surface area contributed by atoms with Crippen molar-refractivity contribution in [2.24, 2.45) is 7.05 Å². The third-order valence-corrected chi connectivity index (χ3v) is 4.05. The number of rotatable bonds is 4. The molecule has 2 amide bonds. The largest absolute Gasteiger partial charge is 0.355 e. The minimum absolute atomic E-state index is 0.0285. The van der Waals surface area contributed by atoms with E-state index in [0.717, 1.165) is 0 Å². The van der Waals surface area contributed by atoms with E-state index in [9.17, 15) is 14.0 Å². The second-order valence-electron chi connectivity index (χ2n) is 6.17. The fourth-order valence-electron chi connectivity index (χ4n) is 2.43. The molecule has 0 atom stereocenters. The maximum atomic E-state index is 13.0. The lowest BCUT2D eigenvalue weighted by Crippen LogP contribution is -2.24. The van der Waals surface area contributed by atoms with E-state index >= 15 is 0 Å². The van der Waals surface area contributed by atoms with Crippen molar-refractivity contribution in [3.05, 3.63) is 53.2 Å². The molecule has 0 spiro atoms. The van der Waals surface area contributed by atoms with E-state index in [1.807, 2.05) is 0 Å². The summed E-state index contributed by atoms with van der Waals surface area (Å²) < 4.78 is 19.7. The Morgan fingerprint density at radius 1 is 1.22 bits per heavy atom. The van der Waals surface area contributed by atoms with Crippen molar-refractivity contribution < 1.29 is 18.5 Å². The molecule has 140 valence electrons. The highest BCUT2D eigenvalue weighted by Gasteiger charge is 2.24. The number of amides is 2. The van der Waals surface area contributed by atoms with E-state index in [1.165, 1.54) is 39.9 Å². The lowest BCUT2D eigenvalue weighted by atomic mass is 10.1. The zero-order chi connectivity index (χ0) is 19.7. The molecule has 3 aromatic rings. The summed E-state index contributed by atoms with van der Waals surface area (Å²) in [5.41, 5.74) is 1.68. The predicted octanol–water partition coefficient (Wildman–Crippen LogP) is 2.48. The number of benzene rings is 1. The van der Waals surface area contributed by atoms with Crippen LogP contribution < -0.4 is 5.32 Å². The summed E-state index contributed by atoms with van der Waals surface area (Å²) in [6.07, 6.45) is 0. The van der Waals surface area contributed by atoms with Crippen molar-refractivity contribution in [3.63, 3.8) is 0 Å². The molecule has 0 fully saturated rings. The molecule has 2 heterocycles. The molecule has 0 aliphatic rings. The van der Waals surface area contributed by atoms with Crippen molar-refractivity contribution >= 4 is 17.5 Å². The zero-order valence-corrected chi connectivity index (χ0v) is 15.3. The molecule has 1 N–H and O–H groups in total. The summed E-state index contributed by atoms with van der Waals surface area (Å²) in [6, 6.07) is 7.07. The van der Waals surface area contributed by atoms with Crippen molar-refractivity contribution in [2.45, 2.75) is 6.92 Å². The highest BCUT2D eigenvalue weighted by atomic mass is 19.1. The van der Waals surface area contributed by atoms with Gasteiger partial charge in [0, 0.05) is 32.8 Å². The number of halogens is 1. The Labute approximate surface area is 154 Å². The molecule has 0 aliphatic carbocycles. The van der Waals surface area contributed by atoms with E-state index in [0.29, 0.717) is 22.7 Å². The van der Waals surface area contributed by atoms with Crippen LogP contribution >= 0.6 is 0 Å². The fourth-order valence-corrected chi connectivity index (χ4v) is 2.43. The maximum Gasteiger partial charge on any atom is 0.277 e. The molecule has 0 aliphatic heterocycles. The Morgan fingerprint density at radius 2 is 1.89 bits per heavy atom. The van der Waals surface area contributed by atoms with Gasteiger partial charge in [0.2, 0.25) is 0 Å². The van der Waals surface area contributed by atoms with Gasteiger partial charge in [0.15, 0.2) is 17.1 Å². The van der Waals surface area contributed by atoms with Crippen LogP contribution in [0.2, 0.25) is 0 Å². The summed E-state index contributed by atoms with van der Waals surface area (Å²) in [4.78, 5) is 26.2. The summed E-state index contributed by atoms with van der Waals surface area (Å²) in [6.45, 7) is 1.74. The van der Waals surface area contributed by atoms with E-state index in [1.54, 1.807) is 28.1 Å². The van der Waals surface area contributed by atoms with Crippen LogP contribution in [0, 0.1) is 12.7 Å². The molecular weight excluding hydrogens is 353 g/mol. The van der Waals surface area contributed by atoms with Gasteiger partial charge in [-0.3, -0.25) is 14.3 Å². The molecule has 2 aromatic heterocycles. The molecule has 0 saturated heterocycles. The molecule has 1 aromatic carbocycles. The van der Waals surface area contributed by atoms with E-state index in [2.05, 4.69) is 15.6 Å². The topological polar surface area (TPSA) is 93.3 Å². The van der Waals surface area contributed by atoms with Crippen LogP contribution in [0.1, 0.15) is 26.7 Å². The number of hydrogen-bond acceptors (Lipinski definition) is 5. The molecule has 0 unspecified atom stereocenters. The number of anilines is 1. The average molecular weight is 371 g/mol. The van der Waals surface area contributed by atoms with Gasteiger partial charge in [-0.15, -0.1) is 0 Å². The predicted molar refractivity (Wildman–Crippen MR) is 95.8 cm³/mol. The van der Waals surface area contributed by atoms with E-state index in [-0.39, 0.29) is 23.1 Å². The first-order chi connectivity index (χ1) is 12.8. The average Bonchev–Trinajstić information content (AvgIpc) is 3.22. The Bertz CT molecular complexity index is 1000. The Kier molecular flexibility index (Phi) is 4.76. The van der Waals surface area contributed by atoms with Crippen molar-refractivity contribution in [1.82, 2.24) is 19.8 Å². The lowest BCUT2D eigenvalue weighted by molar-refractivity contribution is 0.0822. The molecule has 8 nitrogen and oxygen atoms in total. The molecule has 9 heteroatoms. The first kappa shape index (κ1) is 18.3. The van der Waals surface area contributed by atoms with Gasteiger partial charge in [0.05, 0.1) is 11.4 Å². The van der Waals surface area contributed by atoms with Gasteiger partial charge in [-0.25, -0.2) is 4.39 Å². The van der Waals surface area contributed by atoms with Crippen molar-refractivity contribution in [1.29, 1.82) is 0 Å². The summed E-state index contributed by atoms with van der Waals surface area (Å²) in [7, 11) is 4.88. The minimum atomic E-state index is -0.545. The SMILES string of the molecule is Cc1c(NC(=O)c2cc(-c3ccc(F)cc3)on2)c(C(=O)N(C)C)nn1C. The van der Waals surface area contributed by atoms with Crippen LogP contribution in [-0.2, 0) is 7.05 Å². The standard InChI is InChI=1S/C18H18FN5O3/c1-10-15(16(21-24(10)4)18(26)23(2)3)20-17(25)13-9-14(27-22-13)11-5-7-12(19)8-6-11/h5-9H,1-4H3,(H,20,25). The Morgan fingerprint density at radius 3 is 2.52 bits per heavy atom. The first-order valence-electron chi connectivity index (χ1n) is 8.07. The molecule has 27 heavy (non-hydrogen) atoms. The second-order valence-corrected chi connectivity index (χ2v) is 6.17. The molecule has 0 saturated carbocycles. The van der Waals surface area contributed by atoms with Gasteiger partial charge in [-0.1, -0.05) is 5.16 Å². The third-order valence-electron chi connectivity index (χ3n) is 4.05. The maximum absolute atomic E-state index is 13.0. The van der Waals surface area contributed by atoms with Crippen molar-refractivity contribution in [3.8, 4) is 11.3 Å². The zero-order valence-electron chi connectivity index (χ0n) is 15.3. The van der Waals surface area contributed by atoms with Gasteiger partial charge in [0.1, 0.15) is 5.82 Å². The number of carbonyl (C=O) groups is 2. The highest BCUT2D eigenvalue weighted by Crippen LogP contribution is 2.24. The van der Waals surface area contributed by atoms with Gasteiger partial charge in [-0.05, 0) is 31.2 Å². The minimum Gasteiger partial charge on any atom is -0.355 e. The monoisotopic (exact) mass is 371 g/mol. The van der Waals surface area contributed by atoms with E-state index in [4.69, 9.17) is 4.52 Å². The number of hydrogen-bond donors (Lipinski definition) is 1. The quantitative estimate of drug-likeness (QED) is 0.760. The van der Waals surface area contributed by atoms with Crippen molar-refractivity contribution in [2.75, 3.05) is 19.4 Å². The summed E-state index contributed by atoms with van der Waals surface area (Å²) in [5, 5.41) is 10.6. The number of aromatic nitrogens is 3.